The molecule has 0 aliphatic rings. The van der Waals surface area contributed by atoms with Gasteiger partial charge < -0.3 is 4.74 Å². The number of benzene rings is 2. The summed E-state index contributed by atoms with van der Waals surface area (Å²) in [5.41, 5.74) is 8.42. The molecule has 0 saturated carbocycles. The first-order valence-electron chi connectivity index (χ1n) is 7.79. The monoisotopic (exact) mass is 326 g/mol. The van der Waals surface area contributed by atoms with Crippen LogP contribution >= 0.6 is 0 Å². The molecule has 0 atom stereocenters. The Morgan fingerprint density at radius 3 is 2.54 bits per heavy atom. The highest BCUT2D eigenvalue weighted by Gasteiger charge is 2.10. The first kappa shape index (κ1) is 17.5. The number of carbonyl (C=O) groups excluding carboxylic acids is 2. The first-order valence-corrected chi connectivity index (χ1v) is 7.79. The van der Waals surface area contributed by atoms with Gasteiger partial charge in [0.2, 0.25) is 5.91 Å². The standard InChI is InChI=1S/C19H22N2O3/c1-13-7-9-17(14(2)11-13)19(23)21-20-18(22)10-8-15-5-4-6-16(12-15)24-3/h4-7,9,11-12H,8,10H2,1-3H3,(H,20,22)(H,21,23). The third-order valence-corrected chi connectivity index (χ3v) is 3.72. The van der Waals surface area contributed by atoms with E-state index >= 15 is 0 Å². The third kappa shape index (κ3) is 4.84. The zero-order chi connectivity index (χ0) is 17.5. The minimum absolute atomic E-state index is 0.240. The molecule has 2 aromatic carbocycles. The van der Waals surface area contributed by atoms with Gasteiger partial charge in [-0.15, -0.1) is 0 Å². The first-order chi connectivity index (χ1) is 11.5. The predicted molar refractivity (Wildman–Crippen MR) is 92.8 cm³/mol. The fourth-order valence-electron chi connectivity index (χ4n) is 2.41. The van der Waals surface area contributed by atoms with Gasteiger partial charge in [-0.2, -0.15) is 0 Å². The topological polar surface area (TPSA) is 67.4 Å². The van der Waals surface area contributed by atoms with E-state index in [1.807, 2.05) is 50.2 Å². The number of carbonyl (C=O) groups is 2. The van der Waals surface area contributed by atoms with Crippen LogP contribution in [0.3, 0.4) is 0 Å². The van der Waals surface area contributed by atoms with Crippen molar-refractivity contribution in [2.45, 2.75) is 26.7 Å². The lowest BCUT2D eigenvalue weighted by molar-refractivity contribution is -0.121. The fraction of sp³-hybridized carbons (Fsp3) is 0.263. The highest BCUT2D eigenvalue weighted by Crippen LogP contribution is 2.14. The molecular formula is C19H22N2O3. The number of hydrogen-bond acceptors (Lipinski definition) is 3. The number of nitrogens with one attached hydrogen (secondary N) is 2. The molecule has 2 amide bonds. The molecule has 0 bridgehead atoms. The second-order valence-electron chi connectivity index (χ2n) is 5.67. The van der Waals surface area contributed by atoms with E-state index in [4.69, 9.17) is 4.74 Å². The normalized spacial score (nSPS) is 10.1. The fourth-order valence-corrected chi connectivity index (χ4v) is 2.41. The molecule has 2 rings (SSSR count). The Morgan fingerprint density at radius 2 is 1.83 bits per heavy atom. The maximum Gasteiger partial charge on any atom is 0.269 e. The summed E-state index contributed by atoms with van der Waals surface area (Å²) in [5, 5.41) is 0. The van der Waals surface area contributed by atoms with Crippen LogP contribution in [-0.2, 0) is 11.2 Å². The third-order valence-electron chi connectivity index (χ3n) is 3.72. The smallest absolute Gasteiger partial charge is 0.269 e. The average Bonchev–Trinajstić information content (AvgIpc) is 2.58. The maximum absolute atomic E-state index is 12.1. The molecular weight excluding hydrogens is 304 g/mol. The van der Waals surface area contributed by atoms with E-state index in [-0.39, 0.29) is 18.2 Å². The van der Waals surface area contributed by atoms with Crippen molar-refractivity contribution in [3.8, 4) is 5.75 Å². The van der Waals surface area contributed by atoms with Crippen molar-refractivity contribution in [1.82, 2.24) is 10.9 Å². The van der Waals surface area contributed by atoms with Crippen LogP contribution in [0.15, 0.2) is 42.5 Å². The van der Waals surface area contributed by atoms with Crippen LogP contribution in [0.25, 0.3) is 0 Å². The summed E-state index contributed by atoms with van der Waals surface area (Å²) >= 11 is 0. The zero-order valence-electron chi connectivity index (χ0n) is 14.2. The number of aryl methyl sites for hydroxylation is 3. The number of hydrazine groups is 1. The molecule has 24 heavy (non-hydrogen) atoms. The Labute approximate surface area is 142 Å². The lowest BCUT2D eigenvalue weighted by Gasteiger charge is -2.10. The number of methoxy groups -OCH3 is 1. The van der Waals surface area contributed by atoms with Crippen LogP contribution in [0.2, 0.25) is 0 Å². The van der Waals surface area contributed by atoms with Gasteiger partial charge in [-0.25, -0.2) is 0 Å². The average molecular weight is 326 g/mol. The van der Waals surface area contributed by atoms with Crippen LogP contribution in [-0.4, -0.2) is 18.9 Å². The molecule has 2 N–H and O–H groups in total. The van der Waals surface area contributed by atoms with Crippen molar-refractivity contribution in [3.05, 3.63) is 64.7 Å². The SMILES string of the molecule is COc1cccc(CCC(=O)NNC(=O)c2ccc(C)cc2C)c1. The summed E-state index contributed by atoms with van der Waals surface area (Å²) in [6.45, 7) is 3.83. The van der Waals surface area contributed by atoms with Crippen molar-refractivity contribution < 1.29 is 14.3 Å². The Morgan fingerprint density at radius 1 is 1.04 bits per heavy atom. The largest absolute Gasteiger partial charge is 0.497 e. The van der Waals surface area contributed by atoms with E-state index < -0.39 is 0 Å². The van der Waals surface area contributed by atoms with Crippen molar-refractivity contribution in [2.75, 3.05) is 7.11 Å². The summed E-state index contributed by atoms with van der Waals surface area (Å²) in [6, 6.07) is 13.1. The van der Waals surface area contributed by atoms with Gasteiger partial charge in [0.25, 0.3) is 5.91 Å². The summed E-state index contributed by atoms with van der Waals surface area (Å²) in [4.78, 5) is 24.0. The van der Waals surface area contributed by atoms with Gasteiger partial charge in [0.05, 0.1) is 7.11 Å². The molecule has 0 spiro atoms. The van der Waals surface area contributed by atoms with Crippen molar-refractivity contribution in [2.24, 2.45) is 0 Å². The Hall–Kier alpha value is -2.82. The van der Waals surface area contributed by atoms with E-state index in [9.17, 15) is 9.59 Å². The summed E-state index contributed by atoms with van der Waals surface area (Å²) < 4.78 is 5.15. The molecule has 0 aliphatic heterocycles. The molecule has 5 nitrogen and oxygen atoms in total. The van der Waals surface area contributed by atoms with Crippen LogP contribution < -0.4 is 15.6 Å². The van der Waals surface area contributed by atoms with E-state index in [1.54, 1.807) is 13.2 Å². The van der Waals surface area contributed by atoms with Gasteiger partial charge in [0.15, 0.2) is 0 Å². The van der Waals surface area contributed by atoms with Crippen LogP contribution in [0.1, 0.15) is 33.5 Å². The minimum Gasteiger partial charge on any atom is -0.497 e. The Kier molecular flexibility index (Phi) is 5.95. The number of ether oxygens (including phenoxy) is 1. The molecule has 0 aliphatic carbocycles. The van der Waals surface area contributed by atoms with Crippen molar-refractivity contribution in [1.29, 1.82) is 0 Å². The molecule has 0 aromatic heterocycles. The van der Waals surface area contributed by atoms with Gasteiger partial charge in [0.1, 0.15) is 5.75 Å². The quantitative estimate of drug-likeness (QED) is 0.830. The molecule has 0 unspecified atom stereocenters. The van der Waals surface area contributed by atoms with Gasteiger partial charge in [0, 0.05) is 12.0 Å². The number of rotatable bonds is 5. The molecule has 0 fully saturated rings. The molecule has 0 saturated heterocycles. The lowest BCUT2D eigenvalue weighted by Crippen LogP contribution is -2.41. The molecule has 0 radical (unpaired) electrons. The molecule has 5 heteroatoms. The highest BCUT2D eigenvalue weighted by atomic mass is 16.5. The van der Waals surface area contributed by atoms with Gasteiger partial charge in [-0.1, -0.05) is 29.8 Å². The summed E-state index contributed by atoms with van der Waals surface area (Å²) in [7, 11) is 1.61. The number of hydrogen-bond donors (Lipinski definition) is 2. The number of amides is 2. The van der Waals surface area contributed by atoms with E-state index in [1.165, 1.54) is 0 Å². The van der Waals surface area contributed by atoms with Crippen LogP contribution in [0.5, 0.6) is 5.75 Å². The van der Waals surface area contributed by atoms with Gasteiger partial charge in [-0.3, -0.25) is 20.4 Å². The maximum atomic E-state index is 12.1. The van der Waals surface area contributed by atoms with E-state index in [0.717, 1.165) is 22.4 Å². The van der Waals surface area contributed by atoms with Crippen molar-refractivity contribution >= 4 is 11.8 Å². The summed E-state index contributed by atoms with van der Waals surface area (Å²) in [5.74, 6) is 0.203. The van der Waals surface area contributed by atoms with E-state index in [0.29, 0.717) is 12.0 Å². The second-order valence-corrected chi connectivity index (χ2v) is 5.67. The molecule has 126 valence electrons. The second kappa shape index (κ2) is 8.15. The van der Waals surface area contributed by atoms with E-state index in [2.05, 4.69) is 10.9 Å². The predicted octanol–water partition coefficient (Wildman–Crippen LogP) is 2.71. The van der Waals surface area contributed by atoms with Crippen LogP contribution in [0.4, 0.5) is 0 Å². The minimum atomic E-state index is -0.317. The molecule has 0 heterocycles. The van der Waals surface area contributed by atoms with Crippen LogP contribution in [0, 0.1) is 13.8 Å². The Balaban J connectivity index is 1.83. The van der Waals surface area contributed by atoms with Gasteiger partial charge >= 0.3 is 0 Å². The highest BCUT2D eigenvalue weighted by molar-refractivity contribution is 5.96. The van der Waals surface area contributed by atoms with Crippen molar-refractivity contribution in [3.63, 3.8) is 0 Å². The lowest BCUT2D eigenvalue weighted by atomic mass is 10.1. The molecule has 2 aromatic rings. The zero-order valence-corrected chi connectivity index (χ0v) is 14.2. The Bertz CT molecular complexity index is 741. The van der Waals surface area contributed by atoms with Gasteiger partial charge in [-0.05, 0) is 49.6 Å². The summed E-state index contributed by atoms with van der Waals surface area (Å²) in [6.07, 6.45) is 0.850.